The van der Waals surface area contributed by atoms with Crippen molar-refractivity contribution in [2.24, 2.45) is 12.9 Å². The summed E-state index contributed by atoms with van der Waals surface area (Å²) in [6, 6.07) is 4.02. The number of methoxy groups -OCH3 is 1. The molecule has 0 amide bonds. The highest BCUT2D eigenvalue weighted by Gasteiger charge is 2.24. The number of hydrogen-bond donors (Lipinski definition) is 2. The summed E-state index contributed by atoms with van der Waals surface area (Å²) in [4.78, 5) is 0. The Kier molecular flexibility index (Phi) is 4.34. The van der Waals surface area contributed by atoms with Gasteiger partial charge in [-0.05, 0) is 38.8 Å². The number of hydrogen-bond acceptors (Lipinski definition) is 4. The lowest BCUT2D eigenvalue weighted by atomic mass is 9.93. The van der Waals surface area contributed by atoms with Crippen LogP contribution in [0.25, 0.3) is 0 Å². The first-order valence-electron chi connectivity index (χ1n) is 7.02. The topological polar surface area (TPSA) is 65.1 Å². The molecule has 2 rings (SSSR count). The molecular formula is C16H24N4O. The molecule has 0 saturated carbocycles. The minimum atomic E-state index is -0.145. The van der Waals surface area contributed by atoms with Crippen LogP contribution in [0.3, 0.4) is 0 Å². The summed E-state index contributed by atoms with van der Waals surface area (Å²) in [5.74, 6) is 6.73. The molecule has 1 atom stereocenters. The van der Waals surface area contributed by atoms with Gasteiger partial charge in [-0.25, -0.2) is 5.43 Å². The van der Waals surface area contributed by atoms with Gasteiger partial charge in [-0.15, -0.1) is 0 Å². The Morgan fingerprint density at radius 3 is 2.38 bits per heavy atom. The maximum atomic E-state index is 5.85. The zero-order chi connectivity index (χ0) is 15.7. The first kappa shape index (κ1) is 15.5. The zero-order valence-electron chi connectivity index (χ0n) is 13.6. The number of nitrogens with two attached hydrogens (primary N) is 1. The van der Waals surface area contributed by atoms with E-state index in [0.29, 0.717) is 0 Å². The number of ether oxygens (including phenoxy) is 1. The average molecular weight is 288 g/mol. The lowest BCUT2D eigenvalue weighted by Gasteiger charge is -2.22. The molecule has 2 aromatic rings. The van der Waals surface area contributed by atoms with Gasteiger partial charge < -0.3 is 4.74 Å². The number of aryl methyl sites for hydroxylation is 3. The largest absolute Gasteiger partial charge is 0.496 e. The third kappa shape index (κ3) is 2.54. The van der Waals surface area contributed by atoms with Crippen LogP contribution in [0.2, 0.25) is 0 Å². The fourth-order valence-electron chi connectivity index (χ4n) is 2.85. The number of benzene rings is 1. The molecule has 0 aliphatic carbocycles. The number of nitrogens with one attached hydrogen (secondary N) is 1. The third-order valence-electron chi connectivity index (χ3n) is 4.24. The number of nitrogens with zero attached hydrogens (tertiary/aromatic N) is 2. The highest BCUT2D eigenvalue weighted by molar-refractivity contribution is 5.50. The van der Waals surface area contributed by atoms with Gasteiger partial charge >= 0.3 is 0 Å². The van der Waals surface area contributed by atoms with Crippen molar-refractivity contribution in [2.75, 3.05) is 7.11 Å². The molecule has 3 N–H and O–H groups in total. The Labute approximate surface area is 126 Å². The summed E-state index contributed by atoms with van der Waals surface area (Å²) in [5.41, 5.74) is 9.44. The summed E-state index contributed by atoms with van der Waals surface area (Å²) in [6.07, 6.45) is 0. The van der Waals surface area contributed by atoms with Crippen LogP contribution in [0.5, 0.6) is 5.75 Å². The number of aromatic nitrogens is 2. The van der Waals surface area contributed by atoms with Crippen molar-refractivity contribution in [3.8, 4) is 5.75 Å². The van der Waals surface area contributed by atoms with Crippen LogP contribution in [0.1, 0.15) is 39.7 Å². The van der Waals surface area contributed by atoms with E-state index in [0.717, 1.165) is 33.8 Å². The maximum absolute atomic E-state index is 5.85. The molecule has 1 unspecified atom stereocenters. The maximum Gasteiger partial charge on any atom is 0.127 e. The van der Waals surface area contributed by atoms with E-state index in [1.54, 1.807) is 7.11 Å². The van der Waals surface area contributed by atoms with Crippen LogP contribution in [0, 0.1) is 27.7 Å². The molecule has 0 aliphatic heterocycles. The van der Waals surface area contributed by atoms with Gasteiger partial charge in [0.15, 0.2) is 0 Å². The van der Waals surface area contributed by atoms with E-state index in [1.807, 2.05) is 25.6 Å². The van der Waals surface area contributed by atoms with E-state index in [1.165, 1.54) is 5.56 Å². The lowest BCUT2D eigenvalue weighted by molar-refractivity contribution is 0.400. The molecule has 0 spiro atoms. The molecule has 114 valence electrons. The molecule has 0 radical (unpaired) electrons. The Bertz CT molecular complexity index is 661. The van der Waals surface area contributed by atoms with E-state index in [9.17, 15) is 0 Å². The van der Waals surface area contributed by atoms with Gasteiger partial charge in [0.25, 0.3) is 0 Å². The van der Waals surface area contributed by atoms with Crippen LogP contribution < -0.4 is 16.0 Å². The molecule has 21 heavy (non-hydrogen) atoms. The Morgan fingerprint density at radius 2 is 1.90 bits per heavy atom. The minimum Gasteiger partial charge on any atom is -0.496 e. The molecule has 0 saturated heterocycles. The molecule has 1 aromatic heterocycles. The van der Waals surface area contributed by atoms with Crippen molar-refractivity contribution in [1.82, 2.24) is 15.2 Å². The van der Waals surface area contributed by atoms with E-state index >= 15 is 0 Å². The predicted molar refractivity (Wildman–Crippen MR) is 84.3 cm³/mol. The van der Waals surface area contributed by atoms with Gasteiger partial charge in [0.2, 0.25) is 0 Å². The van der Waals surface area contributed by atoms with Crippen molar-refractivity contribution in [1.29, 1.82) is 0 Å². The second-order valence-corrected chi connectivity index (χ2v) is 5.44. The summed E-state index contributed by atoms with van der Waals surface area (Å²) in [5, 5.41) is 4.48. The first-order chi connectivity index (χ1) is 9.92. The number of hydrazine groups is 1. The van der Waals surface area contributed by atoms with Crippen LogP contribution in [0.4, 0.5) is 0 Å². The van der Waals surface area contributed by atoms with E-state index in [2.05, 4.69) is 36.5 Å². The van der Waals surface area contributed by atoms with E-state index in [4.69, 9.17) is 10.6 Å². The van der Waals surface area contributed by atoms with Crippen LogP contribution >= 0.6 is 0 Å². The quantitative estimate of drug-likeness (QED) is 0.669. The lowest BCUT2D eigenvalue weighted by Crippen LogP contribution is -2.30. The zero-order valence-corrected chi connectivity index (χ0v) is 13.6. The third-order valence-corrected chi connectivity index (χ3v) is 4.24. The second kappa shape index (κ2) is 5.87. The van der Waals surface area contributed by atoms with Crippen LogP contribution in [0.15, 0.2) is 12.1 Å². The molecule has 5 heteroatoms. The first-order valence-corrected chi connectivity index (χ1v) is 7.02. The fourth-order valence-corrected chi connectivity index (χ4v) is 2.85. The van der Waals surface area contributed by atoms with Crippen LogP contribution in [-0.2, 0) is 7.05 Å². The smallest absolute Gasteiger partial charge is 0.127 e. The molecule has 0 aliphatic rings. The normalized spacial score (nSPS) is 12.5. The highest BCUT2D eigenvalue weighted by atomic mass is 16.5. The summed E-state index contributed by atoms with van der Waals surface area (Å²) >= 11 is 0. The summed E-state index contributed by atoms with van der Waals surface area (Å²) in [7, 11) is 3.64. The Morgan fingerprint density at radius 1 is 1.24 bits per heavy atom. The standard InChI is InChI=1S/C16H24N4O/c1-9-7-8-13(16(21-6)10(9)2)15(18-17)14-11(3)19-20(5)12(14)4/h7-8,15,18H,17H2,1-6H3. The van der Waals surface area contributed by atoms with Crippen molar-refractivity contribution in [3.63, 3.8) is 0 Å². The number of rotatable bonds is 4. The van der Waals surface area contributed by atoms with Gasteiger partial charge in [0.05, 0.1) is 18.8 Å². The van der Waals surface area contributed by atoms with Crippen molar-refractivity contribution in [2.45, 2.75) is 33.7 Å². The van der Waals surface area contributed by atoms with Gasteiger partial charge in [0.1, 0.15) is 5.75 Å². The molecular weight excluding hydrogens is 264 g/mol. The van der Waals surface area contributed by atoms with Gasteiger partial charge in [-0.2, -0.15) is 5.10 Å². The summed E-state index contributed by atoms with van der Waals surface area (Å²) in [6.45, 7) is 8.19. The van der Waals surface area contributed by atoms with Gasteiger partial charge in [0, 0.05) is 23.9 Å². The van der Waals surface area contributed by atoms with E-state index in [-0.39, 0.29) is 6.04 Å². The molecule has 0 bridgehead atoms. The van der Waals surface area contributed by atoms with Crippen molar-refractivity contribution >= 4 is 0 Å². The second-order valence-electron chi connectivity index (χ2n) is 5.44. The molecule has 1 heterocycles. The van der Waals surface area contributed by atoms with E-state index < -0.39 is 0 Å². The summed E-state index contributed by atoms with van der Waals surface area (Å²) < 4.78 is 7.50. The highest BCUT2D eigenvalue weighted by Crippen LogP contribution is 2.35. The van der Waals surface area contributed by atoms with Crippen molar-refractivity contribution < 1.29 is 4.74 Å². The average Bonchev–Trinajstić information content (AvgIpc) is 2.70. The SMILES string of the molecule is COc1c(C(NN)c2c(C)nn(C)c2C)ccc(C)c1C. The molecule has 0 fully saturated rings. The van der Waals surface area contributed by atoms with Crippen molar-refractivity contribution in [3.05, 3.63) is 45.8 Å². The van der Waals surface area contributed by atoms with Gasteiger partial charge in [-0.1, -0.05) is 12.1 Å². The molecule has 1 aromatic carbocycles. The molecule has 5 nitrogen and oxygen atoms in total. The van der Waals surface area contributed by atoms with Gasteiger partial charge in [-0.3, -0.25) is 10.5 Å². The Hall–Kier alpha value is -1.85. The van der Waals surface area contributed by atoms with Crippen LogP contribution in [-0.4, -0.2) is 16.9 Å². The monoisotopic (exact) mass is 288 g/mol. The fraction of sp³-hybridized carbons (Fsp3) is 0.438. The predicted octanol–water partition coefficient (Wildman–Crippen LogP) is 2.22. The Balaban J connectivity index is 2.65. The minimum absolute atomic E-state index is 0.145.